The summed E-state index contributed by atoms with van der Waals surface area (Å²) >= 11 is 12.2. The molecule has 3 aromatic carbocycles. The summed E-state index contributed by atoms with van der Waals surface area (Å²) in [6.45, 7) is 3.03. The van der Waals surface area contributed by atoms with Crippen LogP contribution in [0.2, 0.25) is 10.0 Å². The molecule has 0 unspecified atom stereocenters. The van der Waals surface area contributed by atoms with E-state index in [0.29, 0.717) is 45.7 Å². The minimum absolute atomic E-state index is 0.361. The molecule has 0 atom stereocenters. The van der Waals surface area contributed by atoms with Gasteiger partial charge in [0.15, 0.2) is 0 Å². The van der Waals surface area contributed by atoms with Crippen molar-refractivity contribution in [3.63, 3.8) is 0 Å². The maximum Gasteiger partial charge on any atom is 0.282 e. The number of carbonyl (C=O) groups excluding carboxylic acids is 2. The van der Waals surface area contributed by atoms with Crippen LogP contribution in [0.3, 0.4) is 0 Å². The Kier molecular flexibility index (Phi) is 6.12. The summed E-state index contributed by atoms with van der Waals surface area (Å²) < 4.78 is 0. The van der Waals surface area contributed by atoms with E-state index in [9.17, 15) is 9.59 Å². The van der Waals surface area contributed by atoms with Gasteiger partial charge < -0.3 is 4.90 Å². The lowest BCUT2D eigenvalue weighted by molar-refractivity contribution is -0.120. The average molecular weight is 451 g/mol. The number of anilines is 1. The third-order valence-corrected chi connectivity index (χ3v) is 5.66. The molecule has 0 radical (unpaired) electrons. The Morgan fingerprint density at radius 3 is 2.16 bits per heavy atom. The third-order valence-electron chi connectivity index (χ3n) is 5.17. The van der Waals surface area contributed by atoms with Gasteiger partial charge in [-0.05, 0) is 48.4 Å². The summed E-state index contributed by atoms with van der Waals surface area (Å²) in [5.74, 6) is -0.744. The normalized spacial score (nSPS) is 13.8. The number of nitrogens with zero attached hydrogens (tertiary/aromatic N) is 2. The number of hydrogen-bond donors (Lipinski definition) is 0. The molecule has 31 heavy (non-hydrogen) atoms. The maximum atomic E-state index is 13.6. The number of benzene rings is 3. The van der Waals surface area contributed by atoms with Crippen molar-refractivity contribution in [3.8, 4) is 0 Å². The van der Waals surface area contributed by atoms with E-state index >= 15 is 0 Å². The minimum atomic E-state index is -0.379. The molecule has 156 valence electrons. The predicted octanol–water partition coefficient (Wildman–Crippen LogP) is 5.80. The largest absolute Gasteiger partial charge is 0.362 e. The summed E-state index contributed by atoms with van der Waals surface area (Å²) in [6, 6.07) is 23.6. The van der Waals surface area contributed by atoms with Crippen LogP contribution in [0, 0.1) is 0 Å². The van der Waals surface area contributed by atoms with Crippen molar-refractivity contribution in [2.75, 3.05) is 11.4 Å². The van der Waals surface area contributed by atoms with Crippen molar-refractivity contribution in [2.24, 2.45) is 0 Å². The molecule has 0 N–H and O–H groups in total. The fraction of sp³-hybridized carbons (Fsp3) is 0.120. The van der Waals surface area contributed by atoms with Gasteiger partial charge in [0, 0.05) is 23.1 Å². The molecule has 0 saturated carbocycles. The van der Waals surface area contributed by atoms with Crippen LogP contribution >= 0.6 is 23.2 Å². The Balaban J connectivity index is 1.83. The number of amides is 2. The number of carbonyl (C=O) groups is 2. The molecule has 4 rings (SSSR count). The Morgan fingerprint density at radius 1 is 0.806 bits per heavy atom. The minimum Gasteiger partial charge on any atom is -0.362 e. The van der Waals surface area contributed by atoms with Crippen LogP contribution < -0.4 is 4.90 Å². The number of halogens is 2. The molecule has 0 saturated heterocycles. The van der Waals surface area contributed by atoms with Gasteiger partial charge in [-0.1, -0.05) is 71.7 Å². The van der Waals surface area contributed by atoms with Gasteiger partial charge in [-0.25, -0.2) is 4.90 Å². The van der Waals surface area contributed by atoms with E-state index in [1.165, 1.54) is 4.90 Å². The molecule has 0 fully saturated rings. The van der Waals surface area contributed by atoms with E-state index in [-0.39, 0.29) is 11.8 Å². The Hall–Kier alpha value is -3.08. The Bertz CT molecular complexity index is 1160. The second kappa shape index (κ2) is 8.96. The van der Waals surface area contributed by atoms with Crippen LogP contribution in [-0.2, 0) is 16.1 Å². The molecule has 0 aliphatic carbocycles. The van der Waals surface area contributed by atoms with E-state index in [1.807, 2.05) is 42.2 Å². The van der Waals surface area contributed by atoms with Gasteiger partial charge >= 0.3 is 0 Å². The first-order chi connectivity index (χ1) is 15.0. The first kappa shape index (κ1) is 21.2. The van der Waals surface area contributed by atoms with Gasteiger partial charge in [-0.2, -0.15) is 0 Å². The van der Waals surface area contributed by atoms with Crippen molar-refractivity contribution in [3.05, 3.63) is 106 Å². The molecule has 0 spiro atoms. The highest BCUT2D eigenvalue weighted by atomic mass is 35.5. The highest BCUT2D eigenvalue weighted by molar-refractivity contribution is 6.45. The molecular weight excluding hydrogens is 431 g/mol. The molecule has 1 aliphatic heterocycles. The highest BCUT2D eigenvalue weighted by Crippen LogP contribution is 2.36. The van der Waals surface area contributed by atoms with Gasteiger partial charge in [-0.15, -0.1) is 0 Å². The van der Waals surface area contributed by atoms with Gasteiger partial charge in [0.2, 0.25) is 0 Å². The fourth-order valence-electron chi connectivity index (χ4n) is 3.69. The lowest BCUT2D eigenvalue weighted by atomic mass is 10.0. The molecule has 1 aliphatic rings. The highest BCUT2D eigenvalue weighted by Gasteiger charge is 2.42. The van der Waals surface area contributed by atoms with Gasteiger partial charge in [0.1, 0.15) is 5.70 Å². The van der Waals surface area contributed by atoms with Gasteiger partial charge in [0.25, 0.3) is 11.8 Å². The lowest BCUT2D eigenvalue weighted by Crippen LogP contribution is -2.35. The molecule has 0 bridgehead atoms. The van der Waals surface area contributed by atoms with Crippen molar-refractivity contribution < 1.29 is 9.59 Å². The third kappa shape index (κ3) is 4.22. The second-order valence-corrected chi connectivity index (χ2v) is 8.03. The van der Waals surface area contributed by atoms with Crippen molar-refractivity contribution in [1.29, 1.82) is 0 Å². The van der Waals surface area contributed by atoms with E-state index in [4.69, 9.17) is 23.2 Å². The molecular formula is C25H20Cl2N2O2. The average Bonchev–Trinajstić information content (AvgIpc) is 3.03. The van der Waals surface area contributed by atoms with Crippen LogP contribution in [0.1, 0.15) is 18.1 Å². The quantitative estimate of drug-likeness (QED) is 0.445. The number of imide groups is 1. The van der Waals surface area contributed by atoms with Crippen molar-refractivity contribution in [2.45, 2.75) is 13.5 Å². The summed E-state index contributed by atoms with van der Waals surface area (Å²) in [5.41, 5.74) is 2.88. The van der Waals surface area contributed by atoms with Crippen molar-refractivity contribution in [1.82, 2.24) is 4.90 Å². The van der Waals surface area contributed by atoms with Gasteiger partial charge in [0.05, 0.1) is 11.3 Å². The van der Waals surface area contributed by atoms with Crippen LogP contribution in [0.25, 0.3) is 5.57 Å². The molecule has 4 nitrogen and oxygen atoms in total. The van der Waals surface area contributed by atoms with Crippen LogP contribution in [0.15, 0.2) is 84.6 Å². The monoisotopic (exact) mass is 450 g/mol. The molecule has 2 amide bonds. The van der Waals surface area contributed by atoms with E-state index in [0.717, 1.165) is 5.56 Å². The number of hydrogen-bond acceptors (Lipinski definition) is 3. The molecule has 6 heteroatoms. The molecule has 0 aromatic heterocycles. The Morgan fingerprint density at radius 2 is 1.52 bits per heavy atom. The van der Waals surface area contributed by atoms with E-state index in [2.05, 4.69) is 0 Å². The topological polar surface area (TPSA) is 40.6 Å². The standard InChI is InChI=1S/C25H20Cl2N2O2/c1-2-28(16-17-7-4-3-5-8-17)23-22(18-11-13-19(26)14-12-18)24(30)29(25(23)31)21-10-6-9-20(27)15-21/h3-15H,2,16H2,1H3. The zero-order chi connectivity index (χ0) is 22.0. The van der Waals surface area contributed by atoms with Gasteiger partial charge in [-0.3, -0.25) is 9.59 Å². The molecule has 1 heterocycles. The smallest absolute Gasteiger partial charge is 0.282 e. The summed E-state index contributed by atoms with van der Waals surface area (Å²) in [7, 11) is 0. The zero-order valence-electron chi connectivity index (χ0n) is 16.9. The summed E-state index contributed by atoms with van der Waals surface area (Å²) in [4.78, 5) is 30.3. The van der Waals surface area contributed by atoms with E-state index in [1.54, 1.807) is 48.5 Å². The van der Waals surface area contributed by atoms with Crippen LogP contribution in [0.5, 0.6) is 0 Å². The summed E-state index contributed by atoms with van der Waals surface area (Å²) in [6.07, 6.45) is 0. The van der Waals surface area contributed by atoms with Crippen molar-refractivity contribution >= 4 is 46.3 Å². The number of rotatable bonds is 6. The lowest BCUT2D eigenvalue weighted by Gasteiger charge is -2.25. The second-order valence-electron chi connectivity index (χ2n) is 7.16. The maximum absolute atomic E-state index is 13.6. The summed E-state index contributed by atoms with van der Waals surface area (Å²) in [5, 5.41) is 1.02. The fourth-order valence-corrected chi connectivity index (χ4v) is 4.00. The van der Waals surface area contributed by atoms with Crippen LogP contribution in [-0.4, -0.2) is 23.3 Å². The van der Waals surface area contributed by atoms with Crippen LogP contribution in [0.4, 0.5) is 5.69 Å². The van der Waals surface area contributed by atoms with E-state index < -0.39 is 0 Å². The first-order valence-electron chi connectivity index (χ1n) is 9.93. The number of likely N-dealkylation sites (N-methyl/N-ethyl adjacent to an activating group) is 1. The predicted molar refractivity (Wildman–Crippen MR) is 125 cm³/mol. The SMILES string of the molecule is CCN(Cc1ccccc1)C1=C(c2ccc(Cl)cc2)C(=O)N(c2cccc(Cl)c2)C1=O. The first-order valence-corrected chi connectivity index (χ1v) is 10.7. The zero-order valence-corrected chi connectivity index (χ0v) is 18.4. The Labute approximate surface area is 191 Å². The molecule has 3 aromatic rings.